The Kier molecular flexibility index (Phi) is 5.44. The Morgan fingerprint density at radius 2 is 1.90 bits per heavy atom. The van der Waals surface area contributed by atoms with Crippen LogP contribution in [0.2, 0.25) is 0 Å². The summed E-state index contributed by atoms with van der Waals surface area (Å²) in [6.07, 6.45) is 9.76. The first kappa shape index (κ1) is 15.8. The zero-order chi connectivity index (χ0) is 14.6. The van der Waals surface area contributed by atoms with E-state index in [-0.39, 0.29) is 0 Å². The number of aliphatic carboxylic acids is 1. The van der Waals surface area contributed by atoms with Crippen molar-refractivity contribution in [3.63, 3.8) is 0 Å². The molecule has 2 aliphatic rings. The summed E-state index contributed by atoms with van der Waals surface area (Å²) in [5, 5.41) is 12.8. The highest BCUT2D eigenvalue weighted by atomic mass is 16.4. The first-order valence-corrected chi connectivity index (χ1v) is 8.19. The molecule has 0 bridgehead atoms. The lowest BCUT2D eigenvalue weighted by molar-refractivity contribution is -0.144. The van der Waals surface area contributed by atoms with Gasteiger partial charge in [0.25, 0.3) is 0 Å². The summed E-state index contributed by atoms with van der Waals surface area (Å²) in [5.74, 6) is 0.108. The lowest BCUT2D eigenvalue weighted by Crippen LogP contribution is -2.52. The quantitative estimate of drug-likeness (QED) is 0.718. The van der Waals surface area contributed by atoms with Crippen LogP contribution in [0.4, 0.5) is 0 Å². The van der Waals surface area contributed by atoms with Crippen LogP contribution in [-0.4, -0.2) is 47.7 Å². The molecule has 4 heteroatoms. The van der Waals surface area contributed by atoms with E-state index in [0.717, 1.165) is 31.8 Å². The number of hydrogen-bond donors (Lipinski definition) is 2. The molecule has 4 nitrogen and oxygen atoms in total. The van der Waals surface area contributed by atoms with Crippen LogP contribution < -0.4 is 5.32 Å². The molecule has 0 radical (unpaired) electrons. The highest BCUT2D eigenvalue weighted by Crippen LogP contribution is 2.26. The van der Waals surface area contributed by atoms with Crippen LogP contribution in [-0.2, 0) is 4.79 Å². The van der Waals surface area contributed by atoms with Gasteiger partial charge in [0.15, 0.2) is 0 Å². The van der Waals surface area contributed by atoms with E-state index in [0.29, 0.717) is 12.5 Å². The number of carbonyl (C=O) groups is 1. The number of carboxylic acid groups (broad SMARTS) is 1. The standard InChI is InChI=1S/C16H30N2O2/c1-16(15(19)20,17-14-8-9-14)10-11-18(2)12-13-6-4-3-5-7-13/h13-14,17H,3-12H2,1-2H3,(H,19,20). The maximum Gasteiger partial charge on any atom is 0.323 e. The van der Waals surface area contributed by atoms with Crippen molar-refractivity contribution < 1.29 is 9.90 Å². The summed E-state index contributed by atoms with van der Waals surface area (Å²) in [5.41, 5.74) is -0.762. The Morgan fingerprint density at radius 1 is 1.25 bits per heavy atom. The summed E-state index contributed by atoms with van der Waals surface area (Å²) in [6.45, 7) is 3.82. The van der Waals surface area contributed by atoms with Gasteiger partial charge < -0.3 is 10.0 Å². The van der Waals surface area contributed by atoms with Gasteiger partial charge in [0.05, 0.1) is 0 Å². The number of nitrogens with zero attached hydrogens (tertiary/aromatic N) is 1. The van der Waals surface area contributed by atoms with E-state index in [2.05, 4.69) is 17.3 Å². The maximum absolute atomic E-state index is 11.5. The predicted octanol–water partition coefficient (Wildman–Crippen LogP) is 2.48. The first-order chi connectivity index (χ1) is 9.49. The number of nitrogens with one attached hydrogen (secondary N) is 1. The highest BCUT2D eigenvalue weighted by molar-refractivity contribution is 5.78. The van der Waals surface area contributed by atoms with Crippen LogP contribution in [0.3, 0.4) is 0 Å². The highest BCUT2D eigenvalue weighted by Gasteiger charge is 2.38. The van der Waals surface area contributed by atoms with Crippen LogP contribution in [0.25, 0.3) is 0 Å². The smallest absolute Gasteiger partial charge is 0.323 e. The van der Waals surface area contributed by atoms with Gasteiger partial charge in [-0.2, -0.15) is 0 Å². The summed E-state index contributed by atoms with van der Waals surface area (Å²) in [6, 6.07) is 0.430. The van der Waals surface area contributed by atoms with Gasteiger partial charge in [-0.3, -0.25) is 10.1 Å². The average Bonchev–Trinajstić information content (AvgIpc) is 3.21. The van der Waals surface area contributed by atoms with Crippen molar-refractivity contribution in [2.45, 2.75) is 69.9 Å². The molecule has 0 saturated heterocycles. The molecule has 116 valence electrons. The lowest BCUT2D eigenvalue weighted by Gasteiger charge is -2.31. The fourth-order valence-corrected chi connectivity index (χ4v) is 3.24. The summed E-state index contributed by atoms with van der Waals surface area (Å²) < 4.78 is 0. The number of carboxylic acids is 1. The molecule has 0 aromatic heterocycles. The van der Waals surface area contributed by atoms with Gasteiger partial charge in [-0.1, -0.05) is 19.3 Å². The van der Waals surface area contributed by atoms with Gasteiger partial charge in [0.2, 0.25) is 0 Å². The molecule has 0 aromatic carbocycles. The normalized spacial score (nSPS) is 23.8. The molecule has 2 saturated carbocycles. The van der Waals surface area contributed by atoms with E-state index >= 15 is 0 Å². The molecular weight excluding hydrogens is 252 g/mol. The van der Waals surface area contributed by atoms with E-state index in [1.54, 1.807) is 0 Å². The largest absolute Gasteiger partial charge is 0.480 e. The molecular formula is C16H30N2O2. The number of rotatable bonds is 8. The van der Waals surface area contributed by atoms with Crippen LogP contribution in [0.5, 0.6) is 0 Å². The SMILES string of the molecule is CN(CCC(C)(NC1CC1)C(=O)O)CC1CCCCC1. The topological polar surface area (TPSA) is 52.6 Å². The molecule has 0 amide bonds. The minimum absolute atomic E-state index is 0.430. The Hall–Kier alpha value is -0.610. The number of hydrogen-bond acceptors (Lipinski definition) is 3. The van der Waals surface area contributed by atoms with Crippen LogP contribution >= 0.6 is 0 Å². The second-order valence-corrected chi connectivity index (χ2v) is 7.07. The average molecular weight is 282 g/mol. The minimum atomic E-state index is -0.762. The molecule has 0 aromatic rings. The molecule has 2 fully saturated rings. The van der Waals surface area contributed by atoms with E-state index < -0.39 is 11.5 Å². The van der Waals surface area contributed by atoms with Crippen molar-refractivity contribution in [2.75, 3.05) is 20.1 Å². The van der Waals surface area contributed by atoms with Gasteiger partial charge in [0.1, 0.15) is 5.54 Å². The molecule has 1 atom stereocenters. The third-order valence-corrected chi connectivity index (χ3v) is 4.86. The summed E-state index contributed by atoms with van der Waals surface area (Å²) >= 11 is 0. The van der Waals surface area contributed by atoms with Gasteiger partial charge in [-0.05, 0) is 52.0 Å². The second-order valence-electron chi connectivity index (χ2n) is 7.07. The Morgan fingerprint density at radius 3 is 2.45 bits per heavy atom. The molecule has 20 heavy (non-hydrogen) atoms. The fraction of sp³-hybridized carbons (Fsp3) is 0.938. The van der Waals surface area contributed by atoms with Crippen molar-refractivity contribution >= 4 is 5.97 Å². The molecule has 2 N–H and O–H groups in total. The Labute approximate surface area is 122 Å². The molecule has 2 rings (SSSR count). The second kappa shape index (κ2) is 6.90. The van der Waals surface area contributed by atoms with Gasteiger partial charge >= 0.3 is 5.97 Å². The monoisotopic (exact) mass is 282 g/mol. The van der Waals surface area contributed by atoms with Crippen LogP contribution in [0.1, 0.15) is 58.3 Å². The van der Waals surface area contributed by atoms with E-state index in [1.165, 1.54) is 32.1 Å². The van der Waals surface area contributed by atoms with Crippen molar-refractivity contribution in [2.24, 2.45) is 5.92 Å². The van der Waals surface area contributed by atoms with E-state index in [4.69, 9.17) is 0 Å². The van der Waals surface area contributed by atoms with Crippen molar-refractivity contribution in [3.8, 4) is 0 Å². The van der Waals surface area contributed by atoms with Gasteiger partial charge in [0, 0.05) is 19.1 Å². The van der Waals surface area contributed by atoms with E-state index in [9.17, 15) is 9.90 Å². The predicted molar refractivity (Wildman–Crippen MR) is 80.9 cm³/mol. The summed E-state index contributed by atoms with van der Waals surface area (Å²) in [4.78, 5) is 13.8. The van der Waals surface area contributed by atoms with Crippen molar-refractivity contribution in [3.05, 3.63) is 0 Å². The van der Waals surface area contributed by atoms with Gasteiger partial charge in [-0.25, -0.2) is 0 Å². The molecule has 0 aliphatic heterocycles. The Bertz CT molecular complexity index is 324. The van der Waals surface area contributed by atoms with Crippen molar-refractivity contribution in [1.29, 1.82) is 0 Å². The van der Waals surface area contributed by atoms with E-state index in [1.807, 2.05) is 6.92 Å². The molecule has 0 spiro atoms. The maximum atomic E-state index is 11.5. The zero-order valence-electron chi connectivity index (χ0n) is 13.0. The zero-order valence-corrected chi connectivity index (χ0v) is 13.0. The fourth-order valence-electron chi connectivity index (χ4n) is 3.24. The first-order valence-electron chi connectivity index (χ1n) is 8.19. The Balaban J connectivity index is 1.74. The van der Waals surface area contributed by atoms with Crippen molar-refractivity contribution in [1.82, 2.24) is 10.2 Å². The molecule has 2 aliphatic carbocycles. The van der Waals surface area contributed by atoms with Crippen LogP contribution in [0, 0.1) is 5.92 Å². The summed E-state index contributed by atoms with van der Waals surface area (Å²) in [7, 11) is 2.13. The lowest BCUT2D eigenvalue weighted by atomic mass is 9.89. The van der Waals surface area contributed by atoms with Gasteiger partial charge in [-0.15, -0.1) is 0 Å². The molecule has 1 unspecified atom stereocenters. The minimum Gasteiger partial charge on any atom is -0.480 e. The molecule has 0 heterocycles. The van der Waals surface area contributed by atoms with Crippen LogP contribution in [0.15, 0.2) is 0 Å². The third-order valence-electron chi connectivity index (χ3n) is 4.86. The third kappa shape index (κ3) is 4.74.